The lowest BCUT2D eigenvalue weighted by atomic mass is 10.3. The lowest BCUT2D eigenvalue weighted by molar-refractivity contribution is 0.0439. The molecule has 0 aromatic carbocycles. The van der Waals surface area contributed by atoms with Crippen LogP contribution in [0.4, 0.5) is 5.13 Å². The topological polar surface area (TPSA) is 94.1 Å². The van der Waals surface area contributed by atoms with Gasteiger partial charge < -0.3 is 4.74 Å². The van der Waals surface area contributed by atoms with Crippen LogP contribution in [-0.4, -0.2) is 32.4 Å². The number of aromatic nitrogens is 3. The fourth-order valence-electron chi connectivity index (χ4n) is 1.83. The maximum atomic E-state index is 12.2. The minimum atomic E-state index is -0.682. The number of aryl methyl sites for hydroxylation is 1. The third-order valence-electron chi connectivity index (χ3n) is 2.99. The molecule has 1 N–H and O–H groups in total. The number of thiazole rings is 1. The number of carbonyl (C=O) groups excluding carboxylic acids is 2. The SMILES string of the molecule is CCCCC(Cl)OC(=O)c1cnc(NC(=O)c2cc(Cl)nc(C)n2)s1. The van der Waals surface area contributed by atoms with Crippen molar-refractivity contribution in [2.45, 2.75) is 38.7 Å². The number of carbonyl (C=O) groups is 2. The lowest BCUT2D eigenvalue weighted by Gasteiger charge is -2.09. The lowest BCUT2D eigenvalue weighted by Crippen LogP contribution is -2.14. The Balaban J connectivity index is 1.98. The maximum Gasteiger partial charge on any atom is 0.351 e. The van der Waals surface area contributed by atoms with Crippen molar-refractivity contribution in [1.29, 1.82) is 0 Å². The first-order valence-electron chi connectivity index (χ1n) is 7.52. The second-order valence-electron chi connectivity index (χ2n) is 5.06. The Hall–Kier alpha value is -1.77. The Kier molecular flexibility index (Phi) is 7.10. The summed E-state index contributed by atoms with van der Waals surface area (Å²) in [6, 6.07) is 1.35. The van der Waals surface area contributed by atoms with E-state index in [4.69, 9.17) is 27.9 Å². The molecule has 0 saturated carbocycles. The fraction of sp³-hybridized carbons (Fsp3) is 0.400. The summed E-state index contributed by atoms with van der Waals surface area (Å²) in [5, 5.41) is 2.96. The zero-order valence-corrected chi connectivity index (χ0v) is 15.9. The van der Waals surface area contributed by atoms with Gasteiger partial charge in [-0.1, -0.05) is 47.9 Å². The second kappa shape index (κ2) is 9.07. The van der Waals surface area contributed by atoms with Crippen molar-refractivity contribution in [3.63, 3.8) is 0 Å². The van der Waals surface area contributed by atoms with Gasteiger partial charge in [0.15, 0.2) is 10.7 Å². The van der Waals surface area contributed by atoms with Crippen molar-refractivity contribution in [2.75, 3.05) is 5.32 Å². The van der Waals surface area contributed by atoms with Crippen LogP contribution >= 0.6 is 34.5 Å². The Morgan fingerprint density at radius 2 is 2.16 bits per heavy atom. The second-order valence-corrected chi connectivity index (χ2v) is 6.97. The van der Waals surface area contributed by atoms with Gasteiger partial charge in [-0.05, 0) is 19.8 Å². The highest BCUT2D eigenvalue weighted by molar-refractivity contribution is 7.17. The summed E-state index contributed by atoms with van der Waals surface area (Å²) in [6.45, 7) is 3.65. The molecule has 0 aliphatic heterocycles. The molecule has 2 rings (SSSR count). The number of amides is 1. The summed E-state index contributed by atoms with van der Waals surface area (Å²) < 4.78 is 5.12. The molecular formula is C15H16Cl2N4O3S. The molecule has 0 radical (unpaired) electrons. The number of esters is 1. The normalized spacial score (nSPS) is 11.8. The number of nitrogens with zero attached hydrogens (tertiary/aromatic N) is 3. The first kappa shape index (κ1) is 19.6. The number of hydrogen-bond acceptors (Lipinski definition) is 7. The molecule has 25 heavy (non-hydrogen) atoms. The van der Waals surface area contributed by atoms with Crippen LogP contribution in [0.3, 0.4) is 0 Å². The van der Waals surface area contributed by atoms with E-state index in [0.717, 1.165) is 24.2 Å². The van der Waals surface area contributed by atoms with Crippen molar-refractivity contribution in [3.05, 3.63) is 33.8 Å². The van der Waals surface area contributed by atoms with Gasteiger partial charge in [0.05, 0.1) is 6.20 Å². The van der Waals surface area contributed by atoms with Crippen LogP contribution in [-0.2, 0) is 4.74 Å². The molecule has 2 aromatic heterocycles. The van der Waals surface area contributed by atoms with Crippen molar-refractivity contribution in [3.8, 4) is 0 Å². The highest BCUT2D eigenvalue weighted by atomic mass is 35.5. The summed E-state index contributed by atoms with van der Waals surface area (Å²) in [4.78, 5) is 36.3. The largest absolute Gasteiger partial charge is 0.442 e. The van der Waals surface area contributed by atoms with E-state index in [1.165, 1.54) is 12.3 Å². The molecule has 0 spiro atoms. The average molecular weight is 403 g/mol. The van der Waals surface area contributed by atoms with Gasteiger partial charge in [-0.2, -0.15) is 0 Å². The Morgan fingerprint density at radius 1 is 1.40 bits per heavy atom. The molecule has 0 bridgehead atoms. The van der Waals surface area contributed by atoms with Crippen LogP contribution < -0.4 is 5.32 Å². The van der Waals surface area contributed by atoms with Crippen molar-refractivity contribution in [2.24, 2.45) is 0 Å². The minimum absolute atomic E-state index is 0.109. The van der Waals surface area contributed by atoms with E-state index in [1.807, 2.05) is 6.92 Å². The molecule has 0 fully saturated rings. The van der Waals surface area contributed by atoms with Gasteiger partial charge in [0.1, 0.15) is 21.5 Å². The number of alkyl halides is 1. The molecule has 134 valence electrons. The standard InChI is InChI=1S/C15H16Cl2N4O3S/c1-3-4-5-12(17)24-14(23)10-7-18-15(25-10)21-13(22)9-6-11(16)20-8(2)19-9/h6-7,12H,3-5H2,1-2H3,(H,18,21,22). The van der Waals surface area contributed by atoms with Crippen LogP contribution in [0.1, 0.15) is 52.2 Å². The van der Waals surface area contributed by atoms with Crippen LogP contribution in [0.2, 0.25) is 5.15 Å². The average Bonchev–Trinajstić information content (AvgIpc) is 3.00. The summed E-state index contributed by atoms with van der Waals surface area (Å²) in [5.41, 5.74) is -0.573. The zero-order valence-electron chi connectivity index (χ0n) is 13.6. The molecule has 2 heterocycles. The Labute approximate surface area is 158 Å². The van der Waals surface area contributed by atoms with Gasteiger partial charge >= 0.3 is 5.97 Å². The Bertz CT molecular complexity index is 749. The van der Waals surface area contributed by atoms with E-state index in [2.05, 4.69) is 20.3 Å². The molecule has 1 amide bonds. The van der Waals surface area contributed by atoms with E-state index in [0.29, 0.717) is 12.2 Å². The minimum Gasteiger partial charge on any atom is -0.442 e. The first-order valence-corrected chi connectivity index (χ1v) is 9.15. The van der Waals surface area contributed by atoms with Gasteiger partial charge in [-0.15, -0.1) is 0 Å². The van der Waals surface area contributed by atoms with Crippen LogP contribution in [0.15, 0.2) is 12.3 Å². The molecule has 10 heteroatoms. The first-order chi connectivity index (χ1) is 11.9. The van der Waals surface area contributed by atoms with Crippen LogP contribution in [0.25, 0.3) is 0 Å². The monoisotopic (exact) mass is 402 g/mol. The maximum absolute atomic E-state index is 12.2. The van der Waals surface area contributed by atoms with E-state index >= 15 is 0 Å². The number of anilines is 1. The van der Waals surface area contributed by atoms with E-state index in [1.54, 1.807) is 6.92 Å². The van der Waals surface area contributed by atoms with Crippen LogP contribution in [0, 0.1) is 6.92 Å². The van der Waals surface area contributed by atoms with E-state index in [9.17, 15) is 9.59 Å². The van der Waals surface area contributed by atoms with E-state index in [-0.39, 0.29) is 20.9 Å². The molecule has 7 nitrogen and oxygen atoms in total. The molecule has 0 aliphatic rings. The van der Waals surface area contributed by atoms with Crippen molar-refractivity contribution in [1.82, 2.24) is 15.0 Å². The highest BCUT2D eigenvalue weighted by Crippen LogP contribution is 2.21. The van der Waals surface area contributed by atoms with Gasteiger partial charge in [0, 0.05) is 6.07 Å². The number of halogens is 2. The molecule has 2 aromatic rings. The van der Waals surface area contributed by atoms with Crippen LogP contribution in [0.5, 0.6) is 0 Å². The highest BCUT2D eigenvalue weighted by Gasteiger charge is 2.18. The number of rotatable bonds is 7. The summed E-state index contributed by atoms with van der Waals surface area (Å²) in [7, 11) is 0. The molecule has 0 aliphatic carbocycles. The van der Waals surface area contributed by atoms with Gasteiger partial charge in [-0.25, -0.2) is 19.7 Å². The number of nitrogens with one attached hydrogen (secondary N) is 1. The zero-order chi connectivity index (χ0) is 18.4. The van der Waals surface area contributed by atoms with Crippen molar-refractivity contribution < 1.29 is 14.3 Å². The van der Waals surface area contributed by atoms with Crippen molar-refractivity contribution >= 4 is 51.5 Å². The summed E-state index contributed by atoms with van der Waals surface area (Å²) in [5.74, 6) is -0.698. The van der Waals surface area contributed by atoms with E-state index < -0.39 is 17.4 Å². The third kappa shape index (κ3) is 5.91. The van der Waals surface area contributed by atoms with Gasteiger partial charge in [0.25, 0.3) is 5.91 Å². The smallest absolute Gasteiger partial charge is 0.351 e. The number of unbranched alkanes of at least 4 members (excludes halogenated alkanes) is 1. The fourth-order valence-corrected chi connectivity index (χ4v) is 2.99. The quantitative estimate of drug-likeness (QED) is 0.426. The predicted molar refractivity (Wildman–Crippen MR) is 96.4 cm³/mol. The molecule has 1 unspecified atom stereocenters. The predicted octanol–water partition coefficient (Wildman–Crippen LogP) is 4.06. The molecule has 0 saturated heterocycles. The summed E-state index contributed by atoms with van der Waals surface area (Å²) >= 11 is 12.7. The Morgan fingerprint density at radius 3 is 2.84 bits per heavy atom. The summed E-state index contributed by atoms with van der Waals surface area (Å²) in [6.07, 6.45) is 3.74. The molecular weight excluding hydrogens is 387 g/mol. The van der Waals surface area contributed by atoms with Gasteiger partial charge in [0.2, 0.25) is 0 Å². The molecule has 1 atom stereocenters. The van der Waals surface area contributed by atoms with Gasteiger partial charge in [-0.3, -0.25) is 10.1 Å². The number of ether oxygens (including phenoxy) is 1. The number of hydrogen-bond donors (Lipinski definition) is 1. The third-order valence-corrected chi connectivity index (χ3v) is 4.38.